The van der Waals surface area contributed by atoms with Crippen molar-refractivity contribution in [1.29, 1.82) is 0 Å². The molecule has 2 amide bonds. The van der Waals surface area contributed by atoms with Gasteiger partial charge in [0, 0.05) is 31.0 Å². The lowest BCUT2D eigenvalue weighted by atomic mass is 9.94. The van der Waals surface area contributed by atoms with Gasteiger partial charge in [0.15, 0.2) is 5.69 Å². The molecule has 2 aliphatic rings. The molecule has 2 aromatic rings. The molecule has 2 atom stereocenters. The van der Waals surface area contributed by atoms with Gasteiger partial charge in [0.2, 0.25) is 5.91 Å². The summed E-state index contributed by atoms with van der Waals surface area (Å²) < 4.78 is 4.77. The van der Waals surface area contributed by atoms with E-state index in [1.165, 1.54) is 6.26 Å². The Morgan fingerprint density at radius 3 is 2.58 bits per heavy atom. The molecule has 1 saturated carbocycles. The molecule has 1 saturated heterocycles. The molecule has 1 aromatic carbocycles. The smallest absolute Gasteiger partial charge is 0.276 e. The first-order valence-corrected chi connectivity index (χ1v) is 8.27. The molecule has 24 heavy (non-hydrogen) atoms. The lowest BCUT2D eigenvalue weighted by molar-refractivity contribution is -0.123. The summed E-state index contributed by atoms with van der Waals surface area (Å²) in [6.45, 7) is 1.05. The highest BCUT2D eigenvalue weighted by Gasteiger charge is 2.40. The van der Waals surface area contributed by atoms with Gasteiger partial charge in [0.05, 0.1) is 6.04 Å². The van der Waals surface area contributed by atoms with Crippen molar-refractivity contribution in [2.75, 3.05) is 13.1 Å². The number of amides is 2. The zero-order chi connectivity index (χ0) is 16.5. The molecular weight excluding hydrogens is 306 g/mol. The van der Waals surface area contributed by atoms with Gasteiger partial charge in [-0.25, -0.2) is 0 Å². The summed E-state index contributed by atoms with van der Waals surface area (Å²) in [5.74, 6) is 0.191. The number of hydrogen-bond donors (Lipinski definition) is 1. The van der Waals surface area contributed by atoms with Crippen LogP contribution in [0.2, 0.25) is 0 Å². The van der Waals surface area contributed by atoms with E-state index in [1.54, 1.807) is 11.0 Å². The fourth-order valence-electron chi connectivity index (χ4n) is 3.28. The van der Waals surface area contributed by atoms with Crippen LogP contribution < -0.4 is 5.32 Å². The molecule has 1 N–H and O–H groups in total. The molecule has 6 nitrogen and oxygen atoms in total. The third-order valence-electron chi connectivity index (χ3n) is 4.77. The van der Waals surface area contributed by atoms with Crippen molar-refractivity contribution in [2.45, 2.75) is 24.8 Å². The van der Waals surface area contributed by atoms with E-state index in [1.807, 2.05) is 30.3 Å². The van der Waals surface area contributed by atoms with E-state index >= 15 is 0 Å². The molecule has 1 aliphatic carbocycles. The molecular formula is C18H19N3O3. The minimum absolute atomic E-state index is 0.0728. The monoisotopic (exact) mass is 325 g/mol. The fourth-order valence-corrected chi connectivity index (χ4v) is 3.28. The number of nitrogens with one attached hydrogen (secondary N) is 1. The quantitative estimate of drug-likeness (QED) is 0.930. The Labute approximate surface area is 139 Å². The fraction of sp³-hybridized carbons (Fsp3) is 0.389. The summed E-state index contributed by atoms with van der Waals surface area (Å²) in [6, 6.07) is 11.5. The number of benzene rings is 1. The van der Waals surface area contributed by atoms with Crippen molar-refractivity contribution in [3.8, 4) is 0 Å². The average molecular weight is 325 g/mol. The standard InChI is InChI=1S/C18H19N3O3/c22-17(13-6-7-13)19-16-11-21(18(23)15-8-9-24-20-15)10-14(16)12-4-2-1-3-5-12/h1-5,8-9,13-14,16H,6-7,10-11H2,(H,19,22)/t14-,16+/m0/s1. The Kier molecular flexibility index (Phi) is 3.80. The van der Waals surface area contributed by atoms with E-state index in [4.69, 9.17) is 4.52 Å². The van der Waals surface area contributed by atoms with E-state index in [2.05, 4.69) is 10.5 Å². The summed E-state index contributed by atoms with van der Waals surface area (Å²) in [6.07, 6.45) is 3.33. The second-order valence-corrected chi connectivity index (χ2v) is 6.50. The molecule has 2 heterocycles. The van der Waals surface area contributed by atoms with Crippen LogP contribution in [-0.4, -0.2) is 41.0 Å². The molecule has 1 aromatic heterocycles. The van der Waals surface area contributed by atoms with Crippen LogP contribution in [-0.2, 0) is 4.79 Å². The van der Waals surface area contributed by atoms with Crippen LogP contribution in [0.5, 0.6) is 0 Å². The number of hydrogen-bond acceptors (Lipinski definition) is 4. The van der Waals surface area contributed by atoms with Crippen LogP contribution >= 0.6 is 0 Å². The first-order chi connectivity index (χ1) is 11.7. The van der Waals surface area contributed by atoms with Crippen molar-refractivity contribution in [3.63, 3.8) is 0 Å². The Morgan fingerprint density at radius 1 is 1.12 bits per heavy atom. The Hall–Kier alpha value is -2.63. The maximum absolute atomic E-state index is 12.6. The third-order valence-corrected chi connectivity index (χ3v) is 4.77. The van der Waals surface area contributed by atoms with E-state index in [0.717, 1.165) is 18.4 Å². The number of rotatable bonds is 4. The predicted octanol–water partition coefficient (Wildman–Crippen LogP) is 1.81. The second kappa shape index (κ2) is 6.11. The predicted molar refractivity (Wildman–Crippen MR) is 86.2 cm³/mol. The SMILES string of the molecule is O=C(N[C@@H]1CN(C(=O)c2ccon2)C[C@H]1c1ccccc1)C1CC1. The number of aromatic nitrogens is 1. The van der Waals surface area contributed by atoms with Crippen molar-refractivity contribution in [2.24, 2.45) is 5.92 Å². The van der Waals surface area contributed by atoms with Gasteiger partial charge in [0.1, 0.15) is 6.26 Å². The van der Waals surface area contributed by atoms with Crippen LogP contribution in [0.3, 0.4) is 0 Å². The first kappa shape index (κ1) is 14.9. The highest BCUT2D eigenvalue weighted by atomic mass is 16.5. The molecule has 6 heteroatoms. The average Bonchev–Trinajstić information content (AvgIpc) is 3.16. The van der Waals surface area contributed by atoms with Crippen LogP contribution in [0.25, 0.3) is 0 Å². The molecule has 0 radical (unpaired) electrons. The minimum atomic E-state index is -0.159. The van der Waals surface area contributed by atoms with Gasteiger partial charge in [-0.2, -0.15) is 0 Å². The number of carbonyl (C=O) groups is 2. The van der Waals surface area contributed by atoms with E-state index in [9.17, 15) is 9.59 Å². The van der Waals surface area contributed by atoms with E-state index in [-0.39, 0.29) is 29.7 Å². The largest absolute Gasteiger partial charge is 0.364 e. The Bertz CT molecular complexity index is 725. The van der Waals surface area contributed by atoms with Gasteiger partial charge in [-0.1, -0.05) is 35.5 Å². The van der Waals surface area contributed by atoms with Gasteiger partial charge < -0.3 is 14.7 Å². The Morgan fingerprint density at radius 2 is 1.92 bits per heavy atom. The van der Waals surface area contributed by atoms with Crippen LogP contribution in [0.1, 0.15) is 34.8 Å². The van der Waals surface area contributed by atoms with Gasteiger partial charge in [-0.15, -0.1) is 0 Å². The van der Waals surface area contributed by atoms with Gasteiger partial charge in [-0.3, -0.25) is 9.59 Å². The second-order valence-electron chi connectivity index (χ2n) is 6.50. The van der Waals surface area contributed by atoms with Crippen LogP contribution in [0.15, 0.2) is 47.2 Å². The minimum Gasteiger partial charge on any atom is -0.364 e. The summed E-state index contributed by atoms with van der Waals surface area (Å²) in [5.41, 5.74) is 1.44. The van der Waals surface area contributed by atoms with Crippen LogP contribution in [0, 0.1) is 5.92 Å². The topological polar surface area (TPSA) is 75.4 Å². The lowest BCUT2D eigenvalue weighted by Gasteiger charge is -2.19. The Balaban J connectivity index is 1.55. The third kappa shape index (κ3) is 2.91. The van der Waals surface area contributed by atoms with Crippen LogP contribution in [0.4, 0.5) is 0 Å². The highest BCUT2D eigenvalue weighted by molar-refractivity contribution is 5.92. The molecule has 0 spiro atoms. The molecule has 0 unspecified atom stereocenters. The van der Waals surface area contributed by atoms with Gasteiger partial charge in [0.25, 0.3) is 5.91 Å². The van der Waals surface area contributed by atoms with Crippen molar-refractivity contribution < 1.29 is 14.1 Å². The number of carbonyl (C=O) groups excluding carboxylic acids is 2. The summed E-state index contributed by atoms with van der Waals surface area (Å²) in [7, 11) is 0. The van der Waals surface area contributed by atoms with Crippen molar-refractivity contribution in [3.05, 3.63) is 53.9 Å². The molecule has 0 bridgehead atoms. The summed E-state index contributed by atoms with van der Waals surface area (Å²) >= 11 is 0. The van der Waals surface area contributed by atoms with Crippen molar-refractivity contribution in [1.82, 2.24) is 15.4 Å². The first-order valence-electron chi connectivity index (χ1n) is 8.27. The molecule has 1 aliphatic heterocycles. The number of nitrogens with zero attached hydrogens (tertiary/aromatic N) is 2. The lowest BCUT2D eigenvalue weighted by Crippen LogP contribution is -2.41. The highest BCUT2D eigenvalue weighted by Crippen LogP contribution is 2.32. The summed E-state index contributed by atoms with van der Waals surface area (Å²) in [5, 5.41) is 6.87. The zero-order valence-corrected chi connectivity index (χ0v) is 13.2. The normalized spacial score (nSPS) is 23.2. The summed E-state index contributed by atoms with van der Waals surface area (Å²) in [4.78, 5) is 26.5. The number of likely N-dealkylation sites (tertiary alicyclic amines) is 1. The molecule has 4 rings (SSSR count). The maximum Gasteiger partial charge on any atom is 0.276 e. The maximum atomic E-state index is 12.6. The molecule has 2 fully saturated rings. The van der Waals surface area contributed by atoms with Crippen molar-refractivity contribution >= 4 is 11.8 Å². The van der Waals surface area contributed by atoms with Gasteiger partial charge >= 0.3 is 0 Å². The molecule has 124 valence electrons. The van der Waals surface area contributed by atoms with Gasteiger partial charge in [-0.05, 0) is 18.4 Å². The zero-order valence-electron chi connectivity index (χ0n) is 13.2. The van der Waals surface area contributed by atoms with E-state index < -0.39 is 0 Å². The van der Waals surface area contributed by atoms with E-state index in [0.29, 0.717) is 18.8 Å².